The van der Waals surface area contributed by atoms with E-state index in [1.165, 1.54) is 22.9 Å². The number of aromatic nitrogens is 1. The highest BCUT2D eigenvalue weighted by Gasteiger charge is 2.15. The minimum atomic E-state index is -0.674. The van der Waals surface area contributed by atoms with Crippen LogP contribution >= 0.6 is 11.3 Å². The number of nitrogens with one attached hydrogen (secondary N) is 1. The molecule has 0 saturated heterocycles. The standard InChI is InChI=1S/C16H20F2N4S/c1-4-8-22(5-2)20-7-6-11(3)21-15-12(17)9-13-16(14(15)18)19-10-23-13/h6-7,9-10,21H,4-5,8H2,1-3H3/b11-6+,20-7-. The third kappa shape index (κ3) is 4.25. The number of hydrogen-bond donors (Lipinski definition) is 1. The fraction of sp³-hybridized carbons (Fsp3) is 0.375. The second kappa shape index (κ2) is 8.01. The molecular weight excluding hydrogens is 318 g/mol. The minimum Gasteiger partial charge on any atom is -0.354 e. The molecule has 1 aromatic heterocycles. The summed E-state index contributed by atoms with van der Waals surface area (Å²) in [6, 6.07) is 1.29. The fourth-order valence-electron chi connectivity index (χ4n) is 2.08. The number of thiazole rings is 1. The quantitative estimate of drug-likeness (QED) is 0.592. The van der Waals surface area contributed by atoms with Crippen LogP contribution in [0.3, 0.4) is 0 Å². The molecular formula is C16H20F2N4S. The van der Waals surface area contributed by atoms with E-state index in [0.717, 1.165) is 19.5 Å². The van der Waals surface area contributed by atoms with Crippen molar-refractivity contribution in [1.82, 2.24) is 9.99 Å². The van der Waals surface area contributed by atoms with Gasteiger partial charge in [-0.1, -0.05) is 6.92 Å². The highest BCUT2D eigenvalue weighted by Crippen LogP contribution is 2.29. The van der Waals surface area contributed by atoms with Gasteiger partial charge < -0.3 is 5.32 Å². The molecule has 1 heterocycles. The highest BCUT2D eigenvalue weighted by atomic mass is 32.1. The van der Waals surface area contributed by atoms with Gasteiger partial charge in [0, 0.05) is 25.0 Å². The Labute approximate surface area is 138 Å². The average Bonchev–Trinajstić information content (AvgIpc) is 2.99. The number of allylic oxidation sites excluding steroid dienone is 2. The Morgan fingerprint density at radius 1 is 1.43 bits per heavy atom. The van der Waals surface area contributed by atoms with Crippen molar-refractivity contribution in [2.24, 2.45) is 5.10 Å². The molecule has 23 heavy (non-hydrogen) atoms. The molecule has 0 saturated carbocycles. The number of hydrazone groups is 1. The zero-order chi connectivity index (χ0) is 16.8. The summed E-state index contributed by atoms with van der Waals surface area (Å²) in [5, 5.41) is 8.97. The number of hydrogen-bond acceptors (Lipinski definition) is 5. The SMILES string of the molecule is CCCN(CC)/N=C\C=C(/C)Nc1c(F)cc2scnc2c1F. The minimum absolute atomic E-state index is 0.181. The molecule has 0 atom stereocenters. The summed E-state index contributed by atoms with van der Waals surface area (Å²) in [5.41, 5.74) is 2.08. The zero-order valence-electron chi connectivity index (χ0n) is 13.4. The molecule has 2 rings (SSSR count). The summed E-state index contributed by atoms with van der Waals surface area (Å²) >= 11 is 1.21. The zero-order valence-corrected chi connectivity index (χ0v) is 14.3. The number of halogens is 2. The van der Waals surface area contributed by atoms with Crippen molar-refractivity contribution >= 4 is 33.5 Å². The van der Waals surface area contributed by atoms with E-state index in [4.69, 9.17) is 0 Å². The van der Waals surface area contributed by atoms with Gasteiger partial charge in [0.1, 0.15) is 11.2 Å². The van der Waals surface area contributed by atoms with Crippen LogP contribution in [0.5, 0.6) is 0 Å². The second-order valence-electron chi connectivity index (χ2n) is 5.03. The van der Waals surface area contributed by atoms with Crippen molar-refractivity contribution in [3.8, 4) is 0 Å². The molecule has 1 N–H and O–H groups in total. The lowest BCUT2D eigenvalue weighted by Gasteiger charge is -2.14. The molecule has 0 amide bonds. The van der Waals surface area contributed by atoms with Gasteiger partial charge in [0.25, 0.3) is 0 Å². The predicted octanol–water partition coefficient (Wildman–Crippen LogP) is 4.61. The molecule has 0 fully saturated rings. The van der Waals surface area contributed by atoms with Gasteiger partial charge in [-0.15, -0.1) is 11.3 Å². The second-order valence-corrected chi connectivity index (χ2v) is 5.92. The van der Waals surface area contributed by atoms with E-state index in [1.807, 2.05) is 11.9 Å². The molecule has 0 spiro atoms. The Hall–Kier alpha value is -2.02. The molecule has 0 aliphatic carbocycles. The van der Waals surface area contributed by atoms with Crippen molar-refractivity contribution in [3.63, 3.8) is 0 Å². The van der Waals surface area contributed by atoms with Crippen molar-refractivity contribution in [2.75, 3.05) is 18.4 Å². The molecule has 7 heteroatoms. The molecule has 0 radical (unpaired) electrons. The molecule has 124 valence electrons. The first-order valence-electron chi connectivity index (χ1n) is 7.50. The molecule has 2 aromatic rings. The third-order valence-corrected chi connectivity index (χ3v) is 4.02. The van der Waals surface area contributed by atoms with E-state index in [2.05, 4.69) is 22.3 Å². The Morgan fingerprint density at radius 2 is 2.22 bits per heavy atom. The van der Waals surface area contributed by atoms with E-state index in [9.17, 15) is 8.78 Å². The van der Waals surface area contributed by atoms with Gasteiger partial charge in [-0.3, -0.25) is 5.01 Å². The van der Waals surface area contributed by atoms with Crippen LogP contribution in [0.15, 0.2) is 28.5 Å². The van der Waals surface area contributed by atoms with Crippen molar-refractivity contribution in [2.45, 2.75) is 27.2 Å². The van der Waals surface area contributed by atoms with Gasteiger partial charge in [-0.25, -0.2) is 13.8 Å². The first-order chi connectivity index (χ1) is 11.1. The van der Waals surface area contributed by atoms with E-state index in [0.29, 0.717) is 10.4 Å². The van der Waals surface area contributed by atoms with Crippen LogP contribution in [0.25, 0.3) is 10.2 Å². The van der Waals surface area contributed by atoms with Crippen molar-refractivity contribution < 1.29 is 8.78 Å². The van der Waals surface area contributed by atoms with E-state index < -0.39 is 11.6 Å². The molecule has 0 aliphatic heterocycles. The van der Waals surface area contributed by atoms with Crippen molar-refractivity contribution in [1.29, 1.82) is 0 Å². The van der Waals surface area contributed by atoms with Crippen LogP contribution < -0.4 is 5.32 Å². The average molecular weight is 338 g/mol. The molecule has 1 aromatic carbocycles. The lowest BCUT2D eigenvalue weighted by Crippen LogP contribution is -2.17. The van der Waals surface area contributed by atoms with Gasteiger partial charge in [-0.2, -0.15) is 5.10 Å². The first-order valence-corrected chi connectivity index (χ1v) is 8.38. The fourth-order valence-corrected chi connectivity index (χ4v) is 2.78. The largest absolute Gasteiger partial charge is 0.354 e. The number of rotatable bonds is 7. The number of anilines is 1. The number of benzene rings is 1. The number of nitrogens with zero attached hydrogens (tertiary/aromatic N) is 3. The van der Waals surface area contributed by atoms with Crippen LogP contribution in [-0.2, 0) is 0 Å². The Kier molecular flexibility index (Phi) is 6.04. The van der Waals surface area contributed by atoms with Gasteiger partial charge in [0.05, 0.1) is 10.2 Å². The molecule has 0 unspecified atom stereocenters. The van der Waals surface area contributed by atoms with Gasteiger partial charge in [0.15, 0.2) is 11.6 Å². The van der Waals surface area contributed by atoms with Gasteiger partial charge in [0.2, 0.25) is 0 Å². The van der Waals surface area contributed by atoms with Crippen LogP contribution in [0.1, 0.15) is 27.2 Å². The monoisotopic (exact) mass is 338 g/mol. The summed E-state index contributed by atoms with van der Waals surface area (Å²) in [7, 11) is 0. The lowest BCUT2D eigenvalue weighted by molar-refractivity contribution is 0.306. The Balaban J connectivity index is 2.15. The summed E-state index contributed by atoms with van der Waals surface area (Å²) in [6.07, 6.45) is 4.32. The van der Waals surface area contributed by atoms with Crippen LogP contribution in [-0.4, -0.2) is 29.3 Å². The summed E-state index contributed by atoms with van der Waals surface area (Å²) in [5.74, 6) is -1.31. The van der Waals surface area contributed by atoms with Crippen molar-refractivity contribution in [3.05, 3.63) is 35.0 Å². The lowest BCUT2D eigenvalue weighted by atomic mass is 10.2. The third-order valence-electron chi connectivity index (χ3n) is 3.24. The summed E-state index contributed by atoms with van der Waals surface area (Å²) < 4.78 is 28.8. The van der Waals surface area contributed by atoms with E-state index >= 15 is 0 Å². The summed E-state index contributed by atoms with van der Waals surface area (Å²) in [4.78, 5) is 3.93. The van der Waals surface area contributed by atoms with Gasteiger partial charge in [-0.05, 0) is 32.4 Å². The molecule has 0 bridgehead atoms. The predicted molar refractivity (Wildman–Crippen MR) is 92.9 cm³/mol. The van der Waals surface area contributed by atoms with Crippen LogP contribution in [0.4, 0.5) is 14.5 Å². The number of fused-ring (bicyclic) bond motifs is 1. The molecule has 4 nitrogen and oxygen atoms in total. The first kappa shape index (κ1) is 17.3. The topological polar surface area (TPSA) is 40.5 Å². The van der Waals surface area contributed by atoms with Crippen LogP contribution in [0.2, 0.25) is 0 Å². The van der Waals surface area contributed by atoms with E-state index in [-0.39, 0.29) is 11.2 Å². The highest BCUT2D eigenvalue weighted by molar-refractivity contribution is 7.16. The normalized spacial score (nSPS) is 12.3. The maximum Gasteiger partial charge on any atom is 0.176 e. The van der Waals surface area contributed by atoms with Crippen LogP contribution in [0, 0.1) is 11.6 Å². The maximum atomic E-state index is 14.3. The summed E-state index contributed by atoms with van der Waals surface area (Å²) in [6.45, 7) is 7.52. The van der Waals surface area contributed by atoms with Gasteiger partial charge >= 0.3 is 0 Å². The molecule has 0 aliphatic rings. The Morgan fingerprint density at radius 3 is 2.91 bits per heavy atom. The smallest absolute Gasteiger partial charge is 0.176 e. The maximum absolute atomic E-state index is 14.3. The Bertz CT molecular complexity index is 724. The van der Waals surface area contributed by atoms with E-state index in [1.54, 1.807) is 19.2 Å².